The average Bonchev–Trinajstić information content (AvgIpc) is 3.06. The van der Waals surface area contributed by atoms with Gasteiger partial charge in [0.15, 0.2) is 6.10 Å². The fourth-order valence-corrected chi connectivity index (χ4v) is 5.19. The molecule has 46 heavy (non-hydrogen) atoms. The molecule has 0 saturated heterocycles. The summed E-state index contributed by atoms with van der Waals surface area (Å²) in [4.78, 5) is 24.2. The van der Waals surface area contributed by atoms with E-state index in [0.717, 1.165) is 44.9 Å². The zero-order chi connectivity index (χ0) is 33.6. The van der Waals surface area contributed by atoms with Gasteiger partial charge in [0.05, 0.1) is 6.61 Å². The van der Waals surface area contributed by atoms with Crippen molar-refractivity contribution in [3.63, 3.8) is 0 Å². The Kier molecular flexibility index (Phi) is 35.6. The molecule has 0 aliphatic carbocycles. The van der Waals surface area contributed by atoms with Gasteiger partial charge in [-0.25, -0.2) is 0 Å². The van der Waals surface area contributed by atoms with Gasteiger partial charge in [-0.3, -0.25) is 9.59 Å². The first-order valence-corrected chi connectivity index (χ1v) is 19.2. The molecule has 266 valence electrons. The third-order valence-electron chi connectivity index (χ3n) is 8.13. The summed E-state index contributed by atoms with van der Waals surface area (Å²) in [6, 6.07) is 0. The standard InChI is InChI=1S/C41H72O5/c1-3-5-7-9-11-13-15-17-19-20-22-24-26-28-30-32-34-36-41(44)46-39(37-42)38-45-40(43)35-33-31-29-27-25-23-21-18-16-14-12-10-8-6-4-2/h11,13,17,19,22,24,28,30,39,42H,3-10,12,14-16,18,20-21,23,25-27,29,31-38H2,1-2H3/b13-11+,19-17+,24-22+,30-28+. The Hall–Kier alpha value is -2.14. The van der Waals surface area contributed by atoms with E-state index in [2.05, 4.69) is 62.5 Å². The maximum atomic E-state index is 12.1. The number of allylic oxidation sites excluding steroid dienone is 8. The first kappa shape index (κ1) is 43.9. The van der Waals surface area contributed by atoms with Crippen molar-refractivity contribution in [1.82, 2.24) is 0 Å². The van der Waals surface area contributed by atoms with Crippen molar-refractivity contribution < 1.29 is 24.2 Å². The van der Waals surface area contributed by atoms with Crippen LogP contribution in [0.15, 0.2) is 48.6 Å². The van der Waals surface area contributed by atoms with Gasteiger partial charge >= 0.3 is 11.9 Å². The van der Waals surface area contributed by atoms with Crippen LogP contribution in [-0.2, 0) is 19.1 Å². The highest BCUT2D eigenvalue weighted by Crippen LogP contribution is 2.14. The van der Waals surface area contributed by atoms with E-state index in [0.29, 0.717) is 12.8 Å². The molecule has 0 aromatic carbocycles. The number of hydrogen-bond acceptors (Lipinski definition) is 5. The number of ether oxygens (including phenoxy) is 2. The monoisotopic (exact) mass is 645 g/mol. The van der Waals surface area contributed by atoms with Gasteiger partial charge in [-0.2, -0.15) is 0 Å². The topological polar surface area (TPSA) is 72.8 Å². The minimum Gasteiger partial charge on any atom is -0.462 e. The Labute approximate surface area is 284 Å². The summed E-state index contributed by atoms with van der Waals surface area (Å²) in [5, 5.41) is 9.53. The highest BCUT2D eigenvalue weighted by molar-refractivity contribution is 5.70. The summed E-state index contributed by atoms with van der Waals surface area (Å²) in [5.41, 5.74) is 0. The van der Waals surface area contributed by atoms with Crippen molar-refractivity contribution >= 4 is 11.9 Å². The molecule has 0 rings (SSSR count). The van der Waals surface area contributed by atoms with Gasteiger partial charge in [0, 0.05) is 12.8 Å². The summed E-state index contributed by atoms with van der Waals surface area (Å²) >= 11 is 0. The molecule has 5 heteroatoms. The second kappa shape index (κ2) is 37.3. The summed E-state index contributed by atoms with van der Waals surface area (Å²) in [6.45, 7) is 4.06. The molecule has 1 unspecified atom stereocenters. The first-order chi connectivity index (χ1) is 22.6. The van der Waals surface area contributed by atoms with Crippen molar-refractivity contribution in [1.29, 1.82) is 0 Å². The molecule has 0 saturated carbocycles. The van der Waals surface area contributed by atoms with E-state index in [1.807, 2.05) is 0 Å². The Morgan fingerprint density at radius 2 is 0.891 bits per heavy atom. The van der Waals surface area contributed by atoms with Crippen LogP contribution in [0.3, 0.4) is 0 Å². The van der Waals surface area contributed by atoms with Crippen LogP contribution < -0.4 is 0 Å². The van der Waals surface area contributed by atoms with Crippen LogP contribution in [0, 0.1) is 0 Å². The van der Waals surface area contributed by atoms with Gasteiger partial charge in [-0.1, -0.05) is 165 Å². The summed E-state index contributed by atoms with van der Waals surface area (Å²) in [7, 11) is 0. The Balaban J connectivity index is 3.66. The van der Waals surface area contributed by atoms with E-state index >= 15 is 0 Å². The number of carbonyl (C=O) groups is 2. The van der Waals surface area contributed by atoms with Crippen LogP contribution in [0.2, 0.25) is 0 Å². The Bertz CT molecular complexity index is 782. The molecule has 0 spiro atoms. The molecule has 5 nitrogen and oxygen atoms in total. The second-order valence-electron chi connectivity index (χ2n) is 12.7. The van der Waals surface area contributed by atoms with Gasteiger partial charge in [0.2, 0.25) is 0 Å². The van der Waals surface area contributed by atoms with E-state index in [9.17, 15) is 14.7 Å². The van der Waals surface area contributed by atoms with E-state index in [4.69, 9.17) is 9.47 Å². The number of carbonyl (C=O) groups excluding carboxylic acids is 2. The van der Waals surface area contributed by atoms with Gasteiger partial charge in [0.1, 0.15) is 6.61 Å². The fourth-order valence-electron chi connectivity index (χ4n) is 5.19. The second-order valence-corrected chi connectivity index (χ2v) is 12.7. The third kappa shape index (κ3) is 34.7. The van der Waals surface area contributed by atoms with Crippen molar-refractivity contribution in [3.05, 3.63) is 48.6 Å². The van der Waals surface area contributed by atoms with Crippen molar-refractivity contribution in [2.24, 2.45) is 0 Å². The maximum Gasteiger partial charge on any atom is 0.306 e. The fraction of sp³-hybridized carbons (Fsp3) is 0.756. The summed E-state index contributed by atoms with van der Waals surface area (Å²) in [6.07, 6.45) is 46.0. The lowest BCUT2D eigenvalue weighted by Crippen LogP contribution is -2.28. The number of unbranched alkanes of at least 4 members (excludes halogenated alkanes) is 18. The minimum atomic E-state index is -0.797. The average molecular weight is 645 g/mol. The molecule has 0 aliphatic rings. The molecule has 0 amide bonds. The summed E-state index contributed by atoms with van der Waals surface area (Å²) in [5.74, 6) is -0.655. The molecular formula is C41H72O5. The number of rotatable bonds is 34. The van der Waals surface area contributed by atoms with Gasteiger partial charge in [-0.15, -0.1) is 0 Å². The molecular weight excluding hydrogens is 572 g/mol. The summed E-state index contributed by atoms with van der Waals surface area (Å²) < 4.78 is 10.6. The molecule has 0 aromatic heterocycles. The highest BCUT2D eigenvalue weighted by atomic mass is 16.6. The molecule has 0 bridgehead atoms. The number of aliphatic hydroxyl groups is 1. The zero-order valence-electron chi connectivity index (χ0n) is 30.1. The van der Waals surface area contributed by atoms with Crippen molar-refractivity contribution in [2.75, 3.05) is 13.2 Å². The largest absolute Gasteiger partial charge is 0.462 e. The number of hydrogen-bond donors (Lipinski definition) is 1. The number of esters is 2. The van der Waals surface area contributed by atoms with Gasteiger partial charge in [0.25, 0.3) is 0 Å². The van der Waals surface area contributed by atoms with Crippen LogP contribution in [0.1, 0.15) is 181 Å². The lowest BCUT2D eigenvalue weighted by molar-refractivity contribution is -0.161. The SMILES string of the molecule is CCCCC/C=C/C/C=C/C/C=C/C/C=C/CCCC(=O)OC(CO)COC(=O)CCCCCCCCCCCCCCCCC. The zero-order valence-corrected chi connectivity index (χ0v) is 30.1. The van der Waals surface area contributed by atoms with Crippen LogP contribution in [0.4, 0.5) is 0 Å². The minimum absolute atomic E-state index is 0.0863. The van der Waals surface area contributed by atoms with Crippen LogP contribution in [-0.4, -0.2) is 36.4 Å². The van der Waals surface area contributed by atoms with Crippen LogP contribution >= 0.6 is 0 Å². The van der Waals surface area contributed by atoms with Crippen LogP contribution in [0.5, 0.6) is 0 Å². The lowest BCUT2D eigenvalue weighted by atomic mass is 10.0. The third-order valence-corrected chi connectivity index (χ3v) is 8.13. The molecule has 0 aliphatic heterocycles. The van der Waals surface area contributed by atoms with E-state index in [-0.39, 0.29) is 31.6 Å². The molecule has 0 heterocycles. The maximum absolute atomic E-state index is 12.1. The smallest absolute Gasteiger partial charge is 0.306 e. The quantitative estimate of drug-likeness (QED) is 0.0429. The molecule has 0 fully saturated rings. The van der Waals surface area contributed by atoms with E-state index in [1.54, 1.807) is 0 Å². The lowest BCUT2D eigenvalue weighted by Gasteiger charge is -2.15. The predicted octanol–water partition coefficient (Wildman–Crippen LogP) is 11.8. The number of aliphatic hydroxyl groups excluding tert-OH is 1. The van der Waals surface area contributed by atoms with E-state index in [1.165, 1.54) is 103 Å². The normalized spacial score (nSPS) is 12.7. The van der Waals surface area contributed by atoms with E-state index < -0.39 is 6.10 Å². The first-order valence-electron chi connectivity index (χ1n) is 19.2. The molecule has 1 atom stereocenters. The molecule has 0 radical (unpaired) electrons. The van der Waals surface area contributed by atoms with Gasteiger partial charge < -0.3 is 14.6 Å². The van der Waals surface area contributed by atoms with Crippen molar-refractivity contribution in [2.45, 2.75) is 187 Å². The van der Waals surface area contributed by atoms with Crippen LogP contribution in [0.25, 0.3) is 0 Å². The molecule has 1 N–H and O–H groups in total. The van der Waals surface area contributed by atoms with Gasteiger partial charge in [-0.05, 0) is 51.4 Å². The Morgan fingerprint density at radius 1 is 0.500 bits per heavy atom. The Morgan fingerprint density at radius 3 is 1.37 bits per heavy atom. The predicted molar refractivity (Wildman–Crippen MR) is 196 cm³/mol. The van der Waals surface area contributed by atoms with Crippen molar-refractivity contribution in [3.8, 4) is 0 Å². The highest BCUT2D eigenvalue weighted by Gasteiger charge is 2.15. The molecule has 0 aromatic rings.